The van der Waals surface area contributed by atoms with Gasteiger partial charge in [0.25, 0.3) is 0 Å². The summed E-state index contributed by atoms with van der Waals surface area (Å²) in [4.78, 5) is 0. The Labute approximate surface area is 119 Å². The quantitative estimate of drug-likeness (QED) is 0.787. The molecule has 0 aliphatic carbocycles. The molecule has 0 amide bonds. The van der Waals surface area contributed by atoms with Gasteiger partial charge in [-0.1, -0.05) is 18.2 Å². The second-order valence-electron chi connectivity index (χ2n) is 5.29. The number of halogens is 1. The van der Waals surface area contributed by atoms with Gasteiger partial charge < -0.3 is 5.32 Å². The first-order valence-corrected chi connectivity index (χ1v) is 7.11. The van der Waals surface area contributed by atoms with E-state index in [1.54, 1.807) is 6.07 Å². The first kappa shape index (κ1) is 14.7. The zero-order valence-corrected chi connectivity index (χ0v) is 12.1. The molecule has 2 rings (SSSR count). The first-order chi connectivity index (χ1) is 9.65. The van der Waals surface area contributed by atoms with Crippen LogP contribution >= 0.6 is 0 Å². The average molecular weight is 275 g/mol. The zero-order valence-electron chi connectivity index (χ0n) is 12.1. The maximum absolute atomic E-state index is 13.5. The molecule has 0 saturated carbocycles. The van der Waals surface area contributed by atoms with Gasteiger partial charge in [-0.2, -0.15) is 5.10 Å². The molecule has 0 bridgehead atoms. The summed E-state index contributed by atoms with van der Waals surface area (Å²) in [6.45, 7) is 5.95. The Morgan fingerprint density at radius 2 is 2.15 bits per heavy atom. The van der Waals surface area contributed by atoms with Gasteiger partial charge in [-0.25, -0.2) is 4.39 Å². The van der Waals surface area contributed by atoms with Crippen LogP contribution in [0.15, 0.2) is 36.7 Å². The van der Waals surface area contributed by atoms with Crippen molar-refractivity contribution < 1.29 is 4.39 Å². The summed E-state index contributed by atoms with van der Waals surface area (Å²) in [5.74, 6) is -0.117. The molecule has 0 spiro atoms. The fraction of sp³-hybridized carbons (Fsp3) is 0.438. The number of aryl methyl sites for hydroxylation is 2. The van der Waals surface area contributed by atoms with E-state index in [2.05, 4.69) is 17.3 Å². The largest absolute Gasteiger partial charge is 0.314 e. The number of benzene rings is 1. The fourth-order valence-electron chi connectivity index (χ4n) is 2.24. The minimum atomic E-state index is -0.117. The predicted octanol–water partition coefficient (Wildman–Crippen LogP) is 2.94. The lowest BCUT2D eigenvalue weighted by Crippen LogP contribution is -2.29. The number of hydrogen-bond donors (Lipinski definition) is 1. The van der Waals surface area contributed by atoms with Crippen molar-refractivity contribution in [2.24, 2.45) is 0 Å². The Morgan fingerprint density at radius 1 is 1.35 bits per heavy atom. The highest BCUT2D eigenvalue weighted by molar-refractivity contribution is 5.18. The normalized spacial score (nSPS) is 12.6. The van der Waals surface area contributed by atoms with Crippen LogP contribution in [0.25, 0.3) is 0 Å². The number of rotatable bonds is 7. The summed E-state index contributed by atoms with van der Waals surface area (Å²) in [5, 5.41) is 7.68. The number of nitrogens with zero attached hydrogens (tertiary/aromatic N) is 2. The Morgan fingerprint density at radius 3 is 2.85 bits per heavy atom. The molecule has 20 heavy (non-hydrogen) atoms. The van der Waals surface area contributed by atoms with Crippen LogP contribution in [0.2, 0.25) is 0 Å². The standard InChI is InChI=1S/C16H22FN3/c1-13-11-19-20(12-13)9-5-8-18-14(2)10-15-6-3-4-7-16(15)17/h3-4,6-7,11-12,14,18H,5,8-10H2,1-2H3/t14-/m0/s1. The smallest absolute Gasteiger partial charge is 0.126 e. The molecule has 0 aliphatic rings. The van der Waals surface area contributed by atoms with Gasteiger partial charge in [-0.15, -0.1) is 0 Å². The second-order valence-corrected chi connectivity index (χ2v) is 5.29. The van der Waals surface area contributed by atoms with Crippen LogP contribution in [0.5, 0.6) is 0 Å². The minimum absolute atomic E-state index is 0.117. The molecular weight excluding hydrogens is 253 g/mol. The third kappa shape index (κ3) is 4.46. The molecule has 0 radical (unpaired) electrons. The van der Waals surface area contributed by atoms with Crippen molar-refractivity contribution in [1.29, 1.82) is 0 Å². The van der Waals surface area contributed by atoms with Crippen molar-refractivity contribution in [1.82, 2.24) is 15.1 Å². The zero-order chi connectivity index (χ0) is 14.4. The van der Waals surface area contributed by atoms with Crippen LogP contribution in [-0.2, 0) is 13.0 Å². The van der Waals surface area contributed by atoms with Crippen molar-refractivity contribution in [3.05, 3.63) is 53.6 Å². The van der Waals surface area contributed by atoms with Gasteiger partial charge in [0.1, 0.15) is 5.82 Å². The van der Waals surface area contributed by atoms with E-state index in [-0.39, 0.29) is 11.9 Å². The topological polar surface area (TPSA) is 29.9 Å². The third-order valence-electron chi connectivity index (χ3n) is 3.30. The summed E-state index contributed by atoms with van der Waals surface area (Å²) >= 11 is 0. The Hall–Kier alpha value is -1.68. The van der Waals surface area contributed by atoms with Crippen LogP contribution in [0, 0.1) is 12.7 Å². The molecule has 1 aromatic carbocycles. The molecule has 0 saturated heterocycles. The Kier molecular flexibility index (Phi) is 5.30. The number of aromatic nitrogens is 2. The molecule has 0 fully saturated rings. The maximum atomic E-state index is 13.5. The molecule has 1 N–H and O–H groups in total. The van der Waals surface area contributed by atoms with E-state index in [0.717, 1.165) is 25.1 Å². The lowest BCUT2D eigenvalue weighted by atomic mass is 10.1. The second kappa shape index (κ2) is 7.20. The minimum Gasteiger partial charge on any atom is -0.314 e. The third-order valence-corrected chi connectivity index (χ3v) is 3.30. The van der Waals surface area contributed by atoms with E-state index < -0.39 is 0 Å². The van der Waals surface area contributed by atoms with E-state index >= 15 is 0 Å². The molecule has 2 aromatic rings. The monoisotopic (exact) mass is 275 g/mol. The maximum Gasteiger partial charge on any atom is 0.126 e. The van der Waals surface area contributed by atoms with Gasteiger partial charge in [-0.05, 0) is 50.4 Å². The van der Waals surface area contributed by atoms with Gasteiger partial charge in [0, 0.05) is 18.8 Å². The SMILES string of the molecule is Cc1cnn(CCCN[C@@H](C)Cc2ccccc2F)c1. The van der Waals surface area contributed by atoms with Gasteiger partial charge >= 0.3 is 0 Å². The molecule has 1 aromatic heterocycles. The molecule has 0 unspecified atom stereocenters. The lowest BCUT2D eigenvalue weighted by molar-refractivity contribution is 0.488. The number of nitrogens with one attached hydrogen (secondary N) is 1. The van der Waals surface area contributed by atoms with Crippen LogP contribution in [-0.4, -0.2) is 22.4 Å². The summed E-state index contributed by atoms with van der Waals surface area (Å²) in [6.07, 6.45) is 5.65. The molecule has 108 valence electrons. The van der Waals surface area contributed by atoms with E-state index in [1.807, 2.05) is 36.1 Å². The van der Waals surface area contributed by atoms with Crippen LogP contribution in [0.4, 0.5) is 4.39 Å². The van der Waals surface area contributed by atoms with Crippen molar-refractivity contribution in [3.63, 3.8) is 0 Å². The Bertz CT molecular complexity index is 536. The summed E-state index contributed by atoms with van der Waals surface area (Å²) in [6, 6.07) is 7.24. The van der Waals surface area contributed by atoms with Gasteiger partial charge in [0.15, 0.2) is 0 Å². The molecule has 3 nitrogen and oxygen atoms in total. The highest BCUT2D eigenvalue weighted by atomic mass is 19.1. The summed E-state index contributed by atoms with van der Waals surface area (Å²) < 4.78 is 15.5. The molecular formula is C16H22FN3. The predicted molar refractivity (Wildman–Crippen MR) is 79.1 cm³/mol. The first-order valence-electron chi connectivity index (χ1n) is 7.11. The molecule has 4 heteroatoms. The van der Waals surface area contributed by atoms with Crippen molar-refractivity contribution >= 4 is 0 Å². The average Bonchev–Trinajstić information content (AvgIpc) is 2.83. The van der Waals surface area contributed by atoms with Crippen LogP contribution in [0.3, 0.4) is 0 Å². The van der Waals surface area contributed by atoms with Gasteiger partial charge in [0.2, 0.25) is 0 Å². The van der Waals surface area contributed by atoms with E-state index in [4.69, 9.17) is 0 Å². The lowest BCUT2D eigenvalue weighted by Gasteiger charge is -2.14. The fourth-order valence-corrected chi connectivity index (χ4v) is 2.24. The van der Waals surface area contributed by atoms with Crippen LogP contribution in [0.1, 0.15) is 24.5 Å². The van der Waals surface area contributed by atoms with Crippen molar-refractivity contribution in [2.75, 3.05) is 6.54 Å². The molecule has 1 heterocycles. The highest BCUT2D eigenvalue weighted by Gasteiger charge is 2.06. The van der Waals surface area contributed by atoms with E-state index in [9.17, 15) is 4.39 Å². The Balaban J connectivity index is 1.68. The highest BCUT2D eigenvalue weighted by Crippen LogP contribution is 2.08. The van der Waals surface area contributed by atoms with Gasteiger partial charge in [-0.3, -0.25) is 4.68 Å². The van der Waals surface area contributed by atoms with Crippen molar-refractivity contribution in [2.45, 2.75) is 39.3 Å². The molecule has 0 aliphatic heterocycles. The van der Waals surface area contributed by atoms with Crippen molar-refractivity contribution in [3.8, 4) is 0 Å². The summed E-state index contributed by atoms with van der Waals surface area (Å²) in [7, 11) is 0. The summed E-state index contributed by atoms with van der Waals surface area (Å²) in [5.41, 5.74) is 1.96. The molecule has 1 atom stereocenters. The number of hydrogen-bond acceptors (Lipinski definition) is 2. The van der Waals surface area contributed by atoms with Gasteiger partial charge in [0.05, 0.1) is 6.20 Å². The van der Waals surface area contributed by atoms with E-state index in [1.165, 1.54) is 11.6 Å². The van der Waals surface area contributed by atoms with Crippen LogP contribution < -0.4 is 5.32 Å². The van der Waals surface area contributed by atoms with E-state index in [0.29, 0.717) is 6.42 Å².